The summed E-state index contributed by atoms with van der Waals surface area (Å²) in [6, 6.07) is 15.0. The number of likely N-dealkylation sites (N-methyl/N-ethyl adjacent to an activating group) is 1. The van der Waals surface area contributed by atoms with Gasteiger partial charge in [-0.2, -0.15) is 4.31 Å². The number of benzene rings is 2. The summed E-state index contributed by atoms with van der Waals surface area (Å²) < 4.78 is 38.7. The van der Waals surface area contributed by atoms with Gasteiger partial charge in [0.15, 0.2) is 11.5 Å². The van der Waals surface area contributed by atoms with Gasteiger partial charge in [0.1, 0.15) is 0 Å². The molecular formula is C21H28N2O4S. The number of nitrogens with zero attached hydrogens (tertiary/aromatic N) is 2. The minimum atomic E-state index is -3.62. The molecule has 0 aromatic heterocycles. The van der Waals surface area contributed by atoms with E-state index in [1.165, 1.54) is 25.8 Å². The molecule has 1 saturated heterocycles. The molecule has 1 atom stereocenters. The van der Waals surface area contributed by atoms with E-state index < -0.39 is 10.0 Å². The molecule has 1 fully saturated rings. The van der Waals surface area contributed by atoms with Crippen molar-refractivity contribution in [2.24, 2.45) is 0 Å². The van der Waals surface area contributed by atoms with E-state index in [-0.39, 0.29) is 10.9 Å². The Bertz CT molecular complexity index is 887. The molecule has 1 heterocycles. The minimum absolute atomic E-state index is 0.0354. The highest BCUT2D eigenvalue weighted by atomic mass is 32.2. The third kappa shape index (κ3) is 4.32. The number of rotatable bonds is 8. The molecule has 0 radical (unpaired) electrons. The van der Waals surface area contributed by atoms with Gasteiger partial charge in [0.2, 0.25) is 10.0 Å². The molecule has 28 heavy (non-hydrogen) atoms. The van der Waals surface area contributed by atoms with Crippen molar-refractivity contribution < 1.29 is 17.9 Å². The van der Waals surface area contributed by atoms with Gasteiger partial charge in [-0.25, -0.2) is 8.42 Å². The monoisotopic (exact) mass is 404 g/mol. The molecule has 152 valence electrons. The molecule has 6 nitrogen and oxygen atoms in total. The molecule has 0 bridgehead atoms. The van der Waals surface area contributed by atoms with Crippen molar-refractivity contribution in [1.29, 1.82) is 0 Å². The van der Waals surface area contributed by atoms with Crippen LogP contribution in [0.3, 0.4) is 0 Å². The van der Waals surface area contributed by atoms with E-state index in [0.717, 1.165) is 26.1 Å². The van der Waals surface area contributed by atoms with E-state index >= 15 is 0 Å². The highest BCUT2D eigenvalue weighted by Crippen LogP contribution is 2.32. The molecule has 0 aliphatic carbocycles. The Labute approximate surface area is 167 Å². The van der Waals surface area contributed by atoms with Gasteiger partial charge in [-0.15, -0.1) is 0 Å². The number of methoxy groups -OCH3 is 2. The molecule has 2 aromatic rings. The lowest BCUT2D eigenvalue weighted by Gasteiger charge is -2.27. The molecule has 0 spiro atoms. The van der Waals surface area contributed by atoms with Crippen LogP contribution >= 0.6 is 0 Å². The second-order valence-corrected chi connectivity index (χ2v) is 8.78. The third-order valence-electron chi connectivity index (χ3n) is 5.18. The second-order valence-electron chi connectivity index (χ2n) is 6.89. The molecule has 1 aliphatic rings. The van der Waals surface area contributed by atoms with Crippen LogP contribution in [-0.2, 0) is 16.6 Å². The molecule has 0 saturated carbocycles. The molecule has 0 amide bonds. The Morgan fingerprint density at radius 2 is 1.79 bits per heavy atom. The van der Waals surface area contributed by atoms with Gasteiger partial charge in [0.25, 0.3) is 0 Å². The van der Waals surface area contributed by atoms with Gasteiger partial charge in [0, 0.05) is 38.3 Å². The molecule has 7 heteroatoms. The van der Waals surface area contributed by atoms with Crippen LogP contribution in [0, 0.1) is 0 Å². The van der Waals surface area contributed by atoms with Gasteiger partial charge in [-0.3, -0.25) is 4.90 Å². The molecular weight excluding hydrogens is 376 g/mol. The van der Waals surface area contributed by atoms with E-state index in [0.29, 0.717) is 18.0 Å². The van der Waals surface area contributed by atoms with Crippen LogP contribution in [0.15, 0.2) is 53.4 Å². The summed E-state index contributed by atoms with van der Waals surface area (Å²) in [5.74, 6) is 0.927. The number of likely N-dealkylation sites (tertiary alicyclic amines) is 1. The summed E-state index contributed by atoms with van der Waals surface area (Å²) in [5.41, 5.74) is 1.24. The van der Waals surface area contributed by atoms with Gasteiger partial charge < -0.3 is 9.47 Å². The molecule has 1 unspecified atom stereocenters. The van der Waals surface area contributed by atoms with Crippen LogP contribution in [0.25, 0.3) is 0 Å². The highest BCUT2D eigenvalue weighted by Gasteiger charge is 2.35. The first-order valence-electron chi connectivity index (χ1n) is 9.49. The van der Waals surface area contributed by atoms with E-state index in [1.807, 2.05) is 25.1 Å². The largest absolute Gasteiger partial charge is 0.493 e. The van der Waals surface area contributed by atoms with Crippen molar-refractivity contribution in [1.82, 2.24) is 9.21 Å². The van der Waals surface area contributed by atoms with Gasteiger partial charge in [0.05, 0.1) is 19.1 Å². The summed E-state index contributed by atoms with van der Waals surface area (Å²) in [4.78, 5) is 2.54. The maximum absolute atomic E-state index is 13.3. The Morgan fingerprint density at radius 1 is 1.07 bits per heavy atom. The SMILES string of the molecule is CCN(C1CCN(Cc2ccccc2)C1)S(=O)(=O)c1ccc(OC)c(OC)c1. The minimum Gasteiger partial charge on any atom is -0.493 e. The number of hydrogen-bond donors (Lipinski definition) is 0. The van der Waals surface area contributed by atoms with E-state index in [2.05, 4.69) is 17.0 Å². The van der Waals surface area contributed by atoms with Crippen LogP contribution in [0.1, 0.15) is 18.9 Å². The molecule has 2 aromatic carbocycles. The quantitative estimate of drug-likeness (QED) is 0.677. The van der Waals surface area contributed by atoms with Crippen molar-refractivity contribution in [2.75, 3.05) is 33.9 Å². The molecule has 0 N–H and O–H groups in total. The Kier molecular flexibility index (Phi) is 6.59. The summed E-state index contributed by atoms with van der Waals surface area (Å²) in [7, 11) is -0.581. The van der Waals surface area contributed by atoms with Crippen molar-refractivity contribution >= 4 is 10.0 Å². The second kappa shape index (κ2) is 8.94. The fourth-order valence-corrected chi connectivity index (χ4v) is 5.44. The standard InChI is InChI=1S/C21H28N2O4S/c1-4-23(18-12-13-22(16-18)15-17-8-6-5-7-9-17)28(24,25)19-10-11-20(26-2)21(14-19)27-3/h5-11,14,18H,4,12-13,15-16H2,1-3H3. The van der Waals surface area contributed by atoms with Gasteiger partial charge in [-0.1, -0.05) is 37.3 Å². The zero-order valence-electron chi connectivity index (χ0n) is 16.7. The van der Waals surface area contributed by atoms with Crippen LogP contribution < -0.4 is 9.47 Å². The first-order chi connectivity index (χ1) is 13.5. The Balaban J connectivity index is 1.77. The molecule has 1 aliphatic heterocycles. The predicted molar refractivity (Wildman–Crippen MR) is 109 cm³/mol. The lowest BCUT2D eigenvalue weighted by molar-refractivity contribution is 0.285. The Morgan fingerprint density at radius 3 is 2.43 bits per heavy atom. The van der Waals surface area contributed by atoms with Crippen molar-refractivity contribution in [3.63, 3.8) is 0 Å². The average Bonchev–Trinajstić information content (AvgIpc) is 3.16. The van der Waals surface area contributed by atoms with Gasteiger partial charge >= 0.3 is 0 Å². The third-order valence-corrected chi connectivity index (χ3v) is 7.20. The fourth-order valence-electron chi connectivity index (χ4n) is 3.77. The molecule has 3 rings (SSSR count). The van der Waals surface area contributed by atoms with E-state index in [1.54, 1.807) is 16.4 Å². The predicted octanol–water partition coefficient (Wildman–Crippen LogP) is 2.99. The first kappa shape index (κ1) is 20.6. The lowest BCUT2D eigenvalue weighted by Crippen LogP contribution is -2.41. The van der Waals surface area contributed by atoms with Crippen LogP contribution in [0.5, 0.6) is 11.5 Å². The number of sulfonamides is 1. The number of hydrogen-bond acceptors (Lipinski definition) is 5. The summed E-state index contributed by atoms with van der Waals surface area (Å²) in [6.07, 6.45) is 0.827. The van der Waals surface area contributed by atoms with Crippen molar-refractivity contribution in [3.8, 4) is 11.5 Å². The normalized spacial score (nSPS) is 17.8. The zero-order chi connectivity index (χ0) is 20.1. The maximum atomic E-state index is 13.3. The summed E-state index contributed by atoms with van der Waals surface area (Å²) in [5, 5.41) is 0. The topological polar surface area (TPSA) is 59.1 Å². The Hall–Kier alpha value is -2.09. The number of ether oxygens (including phenoxy) is 2. The summed E-state index contributed by atoms with van der Waals surface area (Å²) >= 11 is 0. The lowest BCUT2D eigenvalue weighted by atomic mass is 10.2. The van der Waals surface area contributed by atoms with Gasteiger partial charge in [-0.05, 0) is 24.1 Å². The van der Waals surface area contributed by atoms with Crippen molar-refractivity contribution in [3.05, 3.63) is 54.1 Å². The highest BCUT2D eigenvalue weighted by molar-refractivity contribution is 7.89. The average molecular weight is 405 g/mol. The fraction of sp³-hybridized carbons (Fsp3) is 0.429. The first-order valence-corrected chi connectivity index (χ1v) is 10.9. The van der Waals surface area contributed by atoms with Crippen LogP contribution in [0.2, 0.25) is 0 Å². The van der Waals surface area contributed by atoms with Crippen molar-refractivity contribution in [2.45, 2.75) is 30.8 Å². The van der Waals surface area contributed by atoms with Crippen LogP contribution in [0.4, 0.5) is 0 Å². The maximum Gasteiger partial charge on any atom is 0.243 e. The summed E-state index contributed by atoms with van der Waals surface area (Å²) in [6.45, 7) is 4.77. The van der Waals surface area contributed by atoms with E-state index in [9.17, 15) is 8.42 Å². The zero-order valence-corrected chi connectivity index (χ0v) is 17.5. The van der Waals surface area contributed by atoms with Crippen LogP contribution in [-0.4, -0.2) is 57.5 Å². The van der Waals surface area contributed by atoms with E-state index in [4.69, 9.17) is 9.47 Å². The smallest absolute Gasteiger partial charge is 0.243 e.